The molecule has 1 aromatic carbocycles. The molecule has 0 aliphatic carbocycles. The van der Waals surface area contributed by atoms with Crippen molar-refractivity contribution >= 4 is 28.3 Å². The second-order valence-electron chi connectivity index (χ2n) is 8.49. The van der Waals surface area contributed by atoms with Crippen molar-refractivity contribution in [3.05, 3.63) is 64.0 Å². The molecule has 2 aliphatic heterocycles. The second-order valence-corrected chi connectivity index (χ2v) is 8.49. The predicted octanol–water partition coefficient (Wildman–Crippen LogP) is 2.81. The summed E-state index contributed by atoms with van der Waals surface area (Å²) < 4.78 is 13.1. The predicted molar refractivity (Wildman–Crippen MR) is 122 cm³/mol. The van der Waals surface area contributed by atoms with Gasteiger partial charge in [0.05, 0.1) is 23.8 Å². The zero-order chi connectivity index (χ0) is 22.5. The molecule has 0 unspecified atom stereocenters. The third kappa shape index (κ3) is 3.19. The van der Waals surface area contributed by atoms with E-state index in [1.807, 2.05) is 17.4 Å². The molecule has 1 N–H and O–H groups in total. The first-order chi connectivity index (χ1) is 16.1. The third-order valence-electron chi connectivity index (χ3n) is 6.49. The van der Waals surface area contributed by atoms with Crippen LogP contribution in [0.1, 0.15) is 40.5 Å². The van der Waals surface area contributed by atoms with Crippen molar-refractivity contribution in [3.63, 3.8) is 0 Å². The summed E-state index contributed by atoms with van der Waals surface area (Å²) in [7, 11) is 0. The molecular weight excluding hydrogens is 422 g/mol. The number of hydrogen-bond donors (Lipinski definition) is 1. The molecule has 0 spiro atoms. The second kappa shape index (κ2) is 7.70. The van der Waals surface area contributed by atoms with Crippen LogP contribution >= 0.6 is 0 Å². The van der Waals surface area contributed by atoms with E-state index in [9.17, 15) is 9.59 Å². The number of H-pyrrole nitrogens is 1. The molecule has 1 saturated heterocycles. The van der Waals surface area contributed by atoms with Crippen molar-refractivity contribution in [3.8, 4) is 5.75 Å². The number of benzene rings is 1. The van der Waals surface area contributed by atoms with E-state index in [1.165, 1.54) is 0 Å². The summed E-state index contributed by atoms with van der Waals surface area (Å²) in [6.07, 6.45) is 5.01. The SMILES string of the molecule is Cc1cc2c(cc1C(=O)N1CCOc3cccnc31)[nH]c(=O)c1cnc(C3CCOCC3)n12. The molecule has 6 rings (SSSR count). The van der Waals surface area contributed by atoms with Crippen molar-refractivity contribution in [2.24, 2.45) is 0 Å². The van der Waals surface area contributed by atoms with Gasteiger partial charge in [-0.2, -0.15) is 0 Å². The highest BCUT2D eigenvalue weighted by molar-refractivity contribution is 6.09. The van der Waals surface area contributed by atoms with Gasteiger partial charge in [0.2, 0.25) is 0 Å². The van der Waals surface area contributed by atoms with Gasteiger partial charge in [-0.25, -0.2) is 9.97 Å². The Hall–Kier alpha value is -3.72. The highest BCUT2D eigenvalue weighted by Gasteiger charge is 2.28. The highest BCUT2D eigenvalue weighted by atomic mass is 16.5. The van der Waals surface area contributed by atoms with Gasteiger partial charge in [0.15, 0.2) is 11.6 Å². The van der Waals surface area contributed by atoms with Crippen LogP contribution in [0.5, 0.6) is 5.75 Å². The van der Waals surface area contributed by atoms with Crippen LogP contribution in [-0.2, 0) is 4.74 Å². The lowest BCUT2D eigenvalue weighted by Crippen LogP contribution is -2.39. The molecular formula is C24H23N5O4. The molecule has 168 valence electrons. The lowest BCUT2D eigenvalue weighted by atomic mass is 9.99. The topological polar surface area (TPSA) is 102 Å². The number of carbonyl (C=O) groups is 1. The number of aryl methyl sites for hydroxylation is 1. The summed E-state index contributed by atoms with van der Waals surface area (Å²) in [4.78, 5) is 39.9. The number of ether oxygens (including phenoxy) is 2. The van der Waals surface area contributed by atoms with Crippen LogP contribution in [0.4, 0.5) is 5.82 Å². The third-order valence-corrected chi connectivity index (χ3v) is 6.49. The Bertz CT molecular complexity index is 1450. The average molecular weight is 445 g/mol. The minimum Gasteiger partial charge on any atom is -0.488 e. The van der Waals surface area contributed by atoms with Crippen LogP contribution in [-0.4, -0.2) is 51.6 Å². The lowest BCUT2D eigenvalue weighted by molar-refractivity contribution is 0.0835. The number of anilines is 1. The average Bonchev–Trinajstić information content (AvgIpc) is 3.30. The maximum Gasteiger partial charge on any atom is 0.274 e. The lowest BCUT2D eigenvalue weighted by Gasteiger charge is -2.28. The van der Waals surface area contributed by atoms with Gasteiger partial charge in [0.25, 0.3) is 11.5 Å². The maximum absolute atomic E-state index is 13.5. The van der Waals surface area contributed by atoms with Gasteiger partial charge < -0.3 is 14.5 Å². The number of nitrogens with one attached hydrogen (secondary N) is 1. The number of nitrogens with zero attached hydrogens (tertiary/aromatic N) is 4. The number of aromatic amines is 1. The molecule has 1 fully saturated rings. The van der Waals surface area contributed by atoms with Crippen molar-refractivity contribution in [2.75, 3.05) is 31.3 Å². The van der Waals surface area contributed by atoms with E-state index in [0.29, 0.717) is 54.5 Å². The van der Waals surface area contributed by atoms with E-state index in [0.717, 1.165) is 29.7 Å². The van der Waals surface area contributed by atoms with E-state index in [4.69, 9.17) is 9.47 Å². The summed E-state index contributed by atoms with van der Waals surface area (Å²) >= 11 is 0. The quantitative estimate of drug-likeness (QED) is 0.509. The van der Waals surface area contributed by atoms with Gasteiger partial charge in [-0.05, 0) is 49.6 Å². The summed E-state index contributed by atoms with van der Waals surface area (Å²) in [5.74, 6) is 2.02. The van der Waals surface area contributed by atoms with Crippen LogP contribution < -0.4 is 15.2 Å². The first-order valence-corrected chi connectivity index (χ1v) is 11.1. The Labute approximate surface area is 189 Å². The minimum absolute atomic E-state index is 0.172. The molecule has 2 aliphatic rings. The van der Waals surface area contributed by atoms with Crippen molar-refractivity contribution < 1.29 is 14.3 Å². The summed E-state index contributed by atoms with van der Waals surface area (Å²) in [6.45, 7) is 4.10. The van der Waals surface area contributed by atoms with E-state index >= 15 is 0 Å². The summed E-state index contributed by atoms with van der Waals surface area (Å²) in [5, 5.41) is 0. The number of pyridine rings is 1. The zero-order valence-electron chi connectivity index (χ0n) is 18.2. The van der Waals surface area contributed by atoms with E-state index < -0.39 is 0 Å². The van der Waals surface area contributed by atoms with Crippen LogP contribution in [0.25, 0.3) is 16.6 Å². The standard InChI is InChI=1S/C24H23N5O4/c1-14-11-18-17(12-16(14)24(31)28-7-10-33-20-3-2-6-25-22(20)28)27-23(30)19-13-26-21(29(18)19)15-4-8-32-9-5-15/h2-3,6,11-13,15H,4-5,7-10H2,1H3,(H,27,30). The molecule has 33 heavy (non-hydrogen) atoms. The van der Waals surface area contributed by atoms with Crippen molar-refractivity contribution in [1.29, 1.82) is 0 Å². The van der Waals surface area contributed by atoms with Gasteiger partial charge in [-0.1, -0.05) is 0 Å². The van der Waals surface area contributed by atoms with Gasteiger partial charge in [0, 0.05) is 30.9 Å². The van der Waals surface area contributed by atoms with Gasteiger partial charge >= 0.3 is 0 Å². The number of carbonyl (C=O) groups excluding carboxylic acids is 1. The number of imidazole rings is 1. The maximum atomic E-state index is 13.5. The zero-order valence-corrected chi connectivity index (χ0v) is 18.2. The fraction of sp³-hybridized carbons (Fsp3) is 0.333. The molecule has 0 atom stereocenters. The highest BCUT2D eigenvalue weighted by Crippen LogP contribution is 2.32. The smallest absolute Gasteiger partial charge is 0.274 e. The summed E-state index contributed by atoms with van der Waals surface area (Å²) in [5.41, 5.74) is 3.04. The fourth-order valence-electron chi connectivity index (χ4n) is 4.81. The molecule has 0 saturated carbocycles. The Kier molecular flexibility index (Phi) is 4.65. The Balaban J connectivity index is 1.49. The number of rotatable bonds is 2. The number of hydrogen-bond acceptors (Lipinski definition) is 6. The first-order valence-electron chi connectivity index (χ1n) is 11.1. The number of amides is 1. The molecule has 9 nitrogen and oxygen atoms in total. The number of fused-ring (bicyclic) bond motifs is 4. The minimum atomic E-state index is -0.228. The largest absolute Gasteiger partial charge is 0.488 e. The van der Waals surface area contributed by atoms with E-state index in [2.05, 4.69) is 15.0 Å². The van der Waals surface area contributed by atoms with Gasteiger partial charge in [-0.3, -0.25) is 18.9 Å². The van der Waals surface area contributed by atoms with Crippen molar-refractivity contribution in [1.82, 2.24) is 19.4 Å². The molecule has 9 heteroatoms. The van der Waals surface area contributed by atoms with Crippen LogP contribution in [0.15, 0.2) is 41.5 Å². The normalized spacial score (nSPS) is 16.7. The monoisotopic (exact) mass is 445 g/mol. The van der Waals surface area contributed by atoms with Gasteiger partial charge in [-0.15, -0.1) is 0 Å². The van der Waals surface area contributed by atoms with E-state index in [1.54, 1.807) is 35.5 Å². The molecule has 4 aromatic rings. The Morgan fingerprint density at radius 1 is 1.15 bits per heavy atom. The Morgan fingerprint density at radius 2 is 2.00 bits per heavy atom. The molecule has 3 aromatic heterocycles. The molecule has 0 radical (unpaired) electrons. The summed E-state index contributed by atoms with van der Waals surface area (Å²) in [6, 6.07) is 7.31. The molecule has 1 amide bonds. The molecule has 5 heterocycles. The number of aromatic nitrogens is 4. The first kappa shape index (κ1) is 19.9. The van der Waals surface area contributed by atoms with Gasteiger partial charge in [0.1, 0.15) is 17.9 Å². The molecule has 0 bridgehead atoms. The van der Waals surface area contributed by atoms with Crippen LogP contribution in [0.3, 0.4) is 0 Å². The van der Waals surface area contributed by atoms with Crippen molar-refractivity contribution in [2.45, 2.75) is 25.7 Å². The van der Waals surface area contributed by atoms with Crippen LogP contribution in [0.2, 0.25) is 0 Å². The van der Waals surface area contributed by atoms with E-state index in [-0.39, 0.29) is 17.4 Å². The van der Waals surface area contributed by atoms with Crippen LogP contribution in [0, 0.1) is 6.92 Å². The Morgan fingerprint density at radius 3 is 2.85 bits per heavy atom. The fourth-order valence-corrected chi connectivity index (χ4v) is 4.81.